The second kappa shape index (κ2) is 8.87. The topological polar surface area (TPSA) is 20.5 Å². The molecular formula is C28H33IN3P. The van der Waals surface area contributed by atoms with Crippen molar-refractivity contribution in [3.8, 4) is 0 Å². The Hall–Kier alpha value is -1.62. The van der Waals surface area contributed by atoms with E-state index < -0.39 is 7.21 Å². The molecule has 1 fully saturated rings. The highest BCUT2D eigenvalue weighted by Crippen LogP contribution is 2.65. The lowest BCUT2D eigenvalue weighted by molar-refractivity contribution is 0.538. The average molecular weight is 569 g/mol. The number of fused-ring (bicyclic) bond motifs is 3. The molecule has 0 spiro atoms. The van der Waals surface area contributed by atoms with Crippen LogP contribution in [-0.2, 0) is 6.54 Å². The van der Waals surface area contributed by atoms with Crippen LogP contribution in [0.15, 0.2) is 71.5 Å². The molecule has 1 aliphatic heterocycles. The molecule has 0 bridgehead atoms. The van der Waals surface area contributed by atoms with Gasteiger partial charge in [0.25, 0.3) is 0 Å². The fourth-order valence-corrected chi connectivity index (χ4v) is 10.3. The van der Waals surface area contributed by atoms with Crippen LogP contribution in [0.4, 0.5) is 5.69 Å². The zero-order valence-electron chi connectivity index (χ0n) is 20.1. The summed E-state index contributed by atoms with van der Waals surface area (Å²) in [6.07, 6.45) is 2.52. The van der Waals surface area contributed by atoms with E-state index in [0.29, 0.717) is 0 Å². The van der Waals surface area contributed by atoms with Crippen molar-refractivity contribution in [3.05, 3.63) is 70.3 Å². The number of hydrogen-bond acceptors (Lipinski definition) is 1. The number of aryl methyl sites for hydroxylation is 1. The molecule has 0 N–H and O–H groups in total. The molecule has 0 unspecified atom stereocenters. The minimum absolute atomic E-state index is 0.0249. The van der Waals surface area contributed by atoms with Crippen molar-refractivity contribution in [3.63, 3.8) is 0 Å². The summed E-state index contributed by atoms with van der Waals surface area (Å²) in [4.78, 5) is 0. The third kappa shape index (κ3) is 3.88. The molecule has 5 heteroatoms. The van der Waals surface area contributed by atoms with E-state index in [2.05, 4.69) is 126 Å². The average Bonchev–Trinajstić information content (AvgIpc) is 3.44. The van der Waals surface area contributed by atoms with Crippen LogP contribution < -0.4 is 5.30 Å². The fourth-order valence-electron chi connectivity index (χ4n) is 5.49. The minimum atomic E-state index is -2.05. The van der Waals surface area contributed by atoms with Gasteiger partial charge in [-0.05, 0) is 90.9 Å². The molecular weight excluding hydrogens is 536 g/mol. The largest absolute Gasteiger partial charge is 0.341 e. The molecule has 3 aromatic carbocycles. The Morgan fingerprint density at radius 3 is 2.21 bits per heavy atom. The first kappa shape index (κ1) is 23.1. The van der Waals surface area contributed by atoms with Crippen LogP contribution >= 0.6 is 29.8 Å². The van der Waals surface area contributed by atoms with Crippen molar-refractivity contribution < 1.29 is 0 Å². The molecule has 0 amide bonds. The predicted octanol–water partition coefficient (Wildman–Crippen LogP) is 8.39. The van der Waals surface area contributed by atoms with E-state index in [9.17, 15) is 0 Å². The van der Waals surface area contributed by atoms with Gasteiger partial charge in [-0.2, -0.15) is 0 Å². The normalized spacial score (nSPS) is 17.0. The van der Waals surface area contributed by atoms with Crippen LogP contribution in [-0.4, -0.2) is 27.5 Å². The Bertz CT molecular complexity index is 1360. The van der Waals surface area contributed by atoms with E-state index in [-0.39, 0.29) is 5.16 Å². The maximum Gasteiger partial charge on any atom is 0.0720 e. The first-order valence-corrected chi connectivity index (χ1v) is 14.8. The quantitative estimate of drug-likeness (QED) is 0.179. The van der Waals surface area contributed by atoms with Gasteiger partial charge in [0.2, 0.25) is 0 Å². The number of para-hydroxylation sites is 1. The van der Waals surface area contributed by atoms with Crippen LogP contribution in [0.5, 0.6) is 0 Å². The molecule has 1 atom stereocenters. The molecule has 2 heterocycles. The predicted molar refractivity (Wildman–Crippen MR) is 153 cm³/mol. The van der Waals surface area contributed by atoms with Gasteiger partial charge in [0, 0.05) is 55.5 Å². The molecule has 0 saturated carbocycles. The molecule has 1 aliphatic rings. The van der Waals surface area contributed by atoms with Crippen molar-refractivity contribution in [2.75, 3.05) is 13.1 Å². The molecule has 0 radical (unpaired) electrons. The summed E-state index contributed by atoms with van der Waals surface area (Å²) in [7, 11) is -2.05. The second-order valence-corrected chi connectivity index (χ2v) is 15.0. The first-order valence-electron chi connectivity index (χ1n) is 12.0. The van der Waals surface area contributed by atoms with Crippen LogP contribution in [0.3, 0.4) is 0 Å². The summed E-state index contributed by atoms with van der Waals surface area (Å²) in [5, 5.41) is 4.13. The summed E-state index contributed by atoms with van der Waals surface area (Å²) in [5.41, 5.74) is 3.74. The molecule has 1 saturated heterocycles. The lowest BCUT2D eigenvalue weighted by atomic mass is 10.1. The second-order valence-electron chi connectivity index (χ2n) is 9.97. The fraction of sp³-hybridized carbons (Fsp3) is 0.357. The molecule has 0 aliphatic carbocycles. The smallest absolute Gasteiger partial charge is 0.0720 e. The van der Waals surface area contributed by atoms with Crippen molar-refractivity contribution >= 4 is 62.6 Å². The minimum Gasteiger partial charge on any atom is -0.341 e. The first-order chi connectivity index (χ1) is 15.8. The van der Waals surface area contributed by atoms with E-state index in [4.69, 9.17) is 4.74 Å². The third-order valence-electron chi connectivity index (χ3n) is 6.95. The number of aromatic nitrogens is 1. The van der Waals surface area contributed by atoms with Crippen LogP contribution in [0.25, 0.3) is 21.8 Å². The van der Waals surface area contributed by atoms with Crippen LogP contribution in [0.1, 0.15) is 40.5 Å². The highest BCUT2D eigenvalue weighted by Gasteiger charge is 2.42. The highest BCUT2D eigenvalue weighted by molar-refractivity contribution is 14.1. The van der Waals surface area contributed by atoms with Crippen molar-refractivity contribution in [1.82, 2.24) is 9.24 Å². The van der Waals surface area contributed by atoms with Gasteiger partial charge in [-0.15, -0.1) is 0 Å². The van der Waals surface area contributed by atoms with E-state index in [1.807, 2.05) is 0 Å². The van der Waals surface area contributed by atoms with E-state index in [0.717, 1.165) is 25.3 Å². The molecule has 33 heavy (non-hydrogen) atoms. The Labute approximate surface area is 211 Å². The summed E-state index contributed by atoms with van der Waals surface area (Å²) >= 11 is 2.38. The van der Waals surface area contributed by atoms with Gasteiger partial charge in [0.15, 0.2) is 0 Å². The summed E-state index contributed by atoms with van der Waals surface area (Å²) in [5.74, 6) is 0. The molecule has 3 nitrogen and oxygen atoms in total. The highest BCUT2D eigenvalue weighted by atomic mass is 127. The van der Waals surface area contributed by atoms with Gasteiger partial charge in [-0.3, -0.25) is 4.67 Å². The van der Waals surface area contributed by atoms with Gasteiger partial charge in [0.1, 0.15) is 0 Å². The number of benzene rings is 3. The van der Waals surface area contributed by atoms with Gasteiger partial charge < -0.3 is 4.57 Å². The monoisotopic (exact) mass is 569 g/mol. The van der Waals surface area contributed by atoms with Gasteiger partial charge in [0.05, 0.1) is 12.9 Å². The van der Waals surface area contributed by atoms with E-state index >= 15 is 0 Å². The Balaban J connectivity index is 1.85. The SMILES string of the molecule is CCn1c2ccccc2c2cc([P@](=Nc3ccc(I)cc3)(N3CCCC3)C(C)(C)C)ccc21. The van der Waals surface area contributed by atoms with E-state index in [1.165, 1.54) is 43.5 Å². The third-order valence-corrected chi connectivity index (χ3v) is 12.3. The van der Waals surface area contributed by atoms with Crippen LogP contribution in [0, 0.1) is 3.57 Å². The Morgan fingerprint density at radius 2 is 1.55 bits per heavy atom. The van der Waals surface area contributed by atoms with Gasteiger partial charge in [-0.25, -0.2) is 4.74 Å². The maximum atomic E-state index is 5.70. The summed E-state index contributed by atoms with van der Waals surface area (Å²) < 4.78 is 12.1. The van der Waals surface area contributed by atoms with Crippen molar-refractivity contribution in [2.24, 2.45) is 4.74 Å². The Kier molecular flexibility index (Phi) is 6.22. The van der Waals surface area contributed by atoms with Crippen LogP contribution in [0.2, 0.25) is 0 Å². The summed E-state index contributed by atoms with van der Waals surface area (Å²) in [6.45, 7) is 12.7. The number of nitrogens with zero attached hydrogens (tertiary/aromatic N) is 3. The molecule has 1 aromatic heterocycles. The van der Waals surface area contributed by atoms with Crippen molar-refractivity contribution in [1.29, 1.82) is 0 Å². The lowest BCUT2D eigenvalue weighted by Crippen LogP contribution is -2.35. The summed E-state index contributed by atoms with van der Waals surface area (Å²) in [6, 6.07) is 24.8. The number of rotatable bonds is 4. The van der Waals surface area contributed by atoms with Gasteiger partial charge in [-0.1, -0.05) is 39.0 Å². The molecule has 172 valence electrons. The zero-order valence-corrected chi connectivity index (χ0v) is 23.1. The number of halogens is 1. The Morgan fingerprint density at radius 1 is 0.879 bits per heavy atom. The van der Waals surface area contributed by atoms with E-state index in [1.54, 1.807) is 0 Å². The zero-order chi connectivity index (χ0) is 23.2. The maximum absolute atomic E-state index is 5.70. The van der Waals surface area contributed by atoms with Gasteiger partial charge >= 0.3 is 0 Å². The molecule has 4 aromatic rings. The molecule has 5 rings (SSSR count). The lowest BCUT2D eigenvalue weighted by Gasteiger charge is -2.44. The van der Waals surface area contributed by atoms with Crippen molar-refractivity contribution in [2.45, 2.75) is 52.2 Å². The number of hydrogen-bond donors (Lipinski definition) is 0. The standard InChI is InChI=1S/C28H33IN3P/c1-5-32-26-11-7-6-10-24(26)25-20-23(16-17-27(25)32)33(28(2,3)4,31-18-8-9-19-31)30-22-14-12-21(29)13-15-22/h6-7,10-17,20H,5,8-9,18-19H2,1-4H3/t33-/m0/s1.